The number of aromatic nitrogens is 2. The van der Waals surface area contributed by atoms with Crippen molar-refractivity contribution in [2.45, 2.75) is 13.5 Å². The monoisotopic (exact) mass is 288 g/mol. The van der Waals surface area contributed by atoms with Crippen molar-refractivity contribution in [2.75, 3.05) is 26.2 Å². The summed E-state index contributed by atoms with van der Waals surface area (Å²) in [6, 6.07) is 5.73. The number of amides is 1. The lowest BCUT2D eigenvalue weighted by Crippen LogP contribution is -2.48. The fourth-order valence-corrected chi connectivity index (χ4v) is 2.70. The third-order valence-corrected chi connectivity index (χ3v) is 3.84. The first-order valence-electron chi connectivity index (χ1n) is 7.18. The molecule has 1 aliphatic heterocycles. The van der Waals surface area contributed by atoms with Crippen LogP contribution in [0.4, 0.5) is 0 Å². The molecule has 2 aromatic heterocycles. The van der Waals surface area contributed by atoms with Crippen molar-refractivity contribution in [3.63, 3.8) is 0 Å². The summed E-state index contributed by atoms with van der Waals surface area (Å²) in [7, 11) is 1.81. The molecular formula is C15H20N4O2. The Hall–Kier alpha value is -2.08. The summed E-state index contributed by atoms with van der Waals surface area (Å²) in [5.74, 6) is 1.03. The minimum Gasteiger partial charge on any atom is -0.468 e. The molecule has 0 spiro atoms. The van der Waals surface area contributed by atoms with E-state index in [1.165, 1.54) is 0 Å². The Bertz CT molecular complexity index is 610. The molecular weight excluding hydrogens is 268 g/mol. The second kappa shape index (κ2) is 5.73. The van der Waals surface area contributed by atoms with E-state index in [2.05, 4.69) is 10.00 Å². The van der Waals surface area contributed by atoms with Crippen molar-refractivity contribution in [2.24, 2.45) is 7.05 Å². The molecule has 21 heavy (non-hydrogen) atoms. The molecule has 1 fully saturated rings. The quantitative estimate of drug-likeness (QED) is 0.854. The van der Waals surface area contributed by atoms with Gasteiger partial charge in [-0.2, -0.15) is 5.10 Å². The first kappa shape index (κ1) is 13.9. The van der Waals surface area contributed by atoms with E-state index in [4.69, 9.17) is 4.42 Å². The molecule has 2 aromatic rings. The average Bonchev–Trinajstić information content (AvgIpc) is 3.08. The number of aryl methyl sites for hydroxylation is 2. The predicted octanol–water partition coefficient (Wildman–Crippen LogP) is 1.28. The number of hydrogen-bond donors (Lipinski definition) is 0. The topological polar surface area (TPSA) is 54.5 Å². The number of hydrogen-bond acceptors (Lipinski definition) is 4. The largest absolute Gasteiger partial charge is 0.468 e. The van der Waals surface area contributed by atoms with E-state index in [0.29, 0.717) is 5.69 Å². The van der Waals surface area contributed by atoms with Crippen molar-refractivity contribution in [3.05, 3.63) is 41.6 Å². The lowest BCUT2D eigenvalue weighted by molar-refractivity contribution is 0.0610. The van der Waals surface area contributed by atoms with Gasteiger partial charge in [0.2, 0.25) is 0 Å². The zero-order chi connectivity index (χ0) is 14.8. The van der Waals surface area contributed by atoms with Gasteiger partial charge in [0.25, 0.3) is 5.91 Å². The predicted molar refractivity (Wildman–Crippen MR) is 77.8 cm³/mol. The van der Waals surface area contributed by atoms with Crippen molar-refractivity contribution >= 4 is 5.91 Å². The van der Waals surface area contributed by atoms with Gasteiger partial charge in [0, 0.05) is 33.2 Å². The highest BCUT2D eigenvalue weighted by Crippen LogP contribution is 2.12. The fraction of sp³-hybridized carbons (Fsp3) is 0.467. The van der Waals surface area contributed by atoms with Crippen molar-refractivity contribution in [3.8, 4) is 0 Å². The number of carbonyl (C=O) groups is 1. The first-order valence-corrected chi connectivity index (χ1v) is 7.18. The molecule has 1 amide bonds. The van der Waals surface area contributed by atoms with Crippen LogP contribution in [-0.2, 0) is 13.6 Å². The lowest BCUT2D eigenvalue weighted by Gasteiger charge is -2.34. The standard InChI is InChI=1S/C15H20N4O2/c1-12-10-14(17(2)16-12)15(20)19-7-5-18(6-8-19)11-13-4-3-9-21-13/h3-4,9-10H,5-8,11H2,1-2H3. The Balaban J connectivity index is 1.58. The van der Waals surface area contributed by atoms with Gasteiger partial charge in [-0.3, -0.25) is 14.4 Å². The summed E-state index contributed by atoms with van der Waals surface area (Å²) in [4.78, 5) is 16.7. The fourth-order valence-electron chi connectivity index (χ4n) is 2.70. The Labute approximate surface area is 123 Å². The van der Waals surface area contributed by atoms with E-state index in [0.717, 1.165) is 44.2 Å². The maximum Gasteiger partial charge on any atom is 0.272 e. The van der Waals surface area contributed by atoms with Crippen LogP contribution in [0.3, 0.4) is 0 Å². The lowest BCUT2D eigenvalue weighted by atomic mass is 10.2. The SMILES string of the molecule is Cc1cc(C(=O)N2CCN(Cc3ccco3)CC2)n(C)n1. The molecule has 6 heteroatoms. The first-order chi connectivity index (χ1) is 10.1. The van der Waals surface area contributed by atoms with Crippen LogP contribution in [0, 0.1) is 6.92 Å². The number of nitrogens with zero attached hydrogens (tertiary/aromatic N) is 4. The van der Waals surface area contributed by atoms with E-state index in [9.17, 15) is 4.79 Å². The number of piperazine rings is 1. The van der Waals surface area contributed by atoms with Crippen molar-refractivity contribution in [1.82, 2.24) is 19.6 Å². The molecule has 1 saturated heterocycles. The molecule has 0 bridgehead atoms. The van der Waals surface area contributed by atoms with E-state index in [1.807, 2.05) is 37.1 Å². The third-order valence-electron chi connectivity index (χ3n) is 3.84. The summed E-state index contributed by atoms with van der Waals surface area (Å²) in [6.45, 7) is 5.91. The molecule has 0 N–H and O–H groups in total. The van der Waals surface area contributed by atoms with Gasteiger partial charge in [-0.05, 0) is 25.1 Å². The summed E-state index contributed by atoms with van der Waals surface area (Å²) in [6.07, 6.45) is 1.69. The van der Waals surface area contributed by atoms with Gasteiger partial charge in [-0.1, -0.05) is 0 Å². The van der Waals surface area contributed by atoms with E-state index < -0.39 is 0 Å². The Morgan fingerprint density at radius 2 is 2.10 bits per heavy atom. The normalized spacial score (nSPS) is 16.4. The minimum atomic E-state index is 0.0655. The van der Waals surface area contributed by atoms with Crippen LogP contribution in [0.15, 0.2) is 28.9 Å². The molecule has 1 aliphatic rings. The molecule has 0 unspecified atom stereocenters. The van der Waals surface area contributed by atoms with E-state index in [1.54, 1.807) is 10.9 Å². The number of furan rings is 1. The van der Waals surface area contributed by atoms with Gasteiger partial charge < -0.3 is 9.32 Å². The number of carbonyl (C=O) groups excluding carboxylic acids is 1. The molecule has 0 aliphatic carbocycles. The smallest absolute Gasteiger partial charge is 0.272 e. The van der Waals surface area contributed by atoms with Gasteiger partial charge in [0.15, 0.2) is 0 Å². The second-order valence-electron chi connectivity index (χ2n) is 5.44. The van der Waals surface area contributed by atoms with Crippen LogP contribution in [0.25, 0.3) is 0 Å². The molecule has 0 atom stereocenters. The van der Waals surface area contributed by atoms with E-state index >= 15 is 0 Å². The molecule has 3 heterocycles. The maximum atomic E-state index is 12.5. The summed E-state index contributed by atoms with van der Waals surface area (Å²) >= 11 is 0. The molecule has 112 valence electrons. The summed E-state index contributed by atoms with van der Waals surface area (Å²) in [5.41, 5.74) is 1.53. The molecule has 0 radical (unpaired) electrons. The summed E-state index contributed by atoms with van der Waals surface area (Å²) < 4.78 is 7.02. The molecule has 0 aromatic carbocycles. The van der Waals surface area contributed by atoms with E-state index in [-0.39, 0.29) is 5.91 Å². The highest BCUT2D eigenvalue weighted by molar-refractivity contribution is 5.92. The zero-order valence-corrected chi connectivity index (χ0v) is 12.5. The van der Waals surface area contributed by atoms with Gasteiger partial charge in [-0.25, -0.2) is 0 Å². The van der Waals surface area contributed by atoms with Crippen LogP contribution < -0.4 is 0 Å². The van der Waals surface area contributed by atoms with Crippen LogP contribution in [0.2, 0.25) is 0 Å². The van der Waals surface area contributed by atoms with Gasteiger partial charge in [0.1, 0.15) is 11.5 Å². The molecule has 3 rings (SSSR count). The van der Waals surface area contributed by atoms with Gasteiger partial charge in [-0.15, -0.1) is 0 Å². The highest BCUT2D eigenvalue weighted by Gasteiger charge is 2.24. The van der Waals surface area contributed by atoms with Crippen LogP contribution in [0.5, 0.6) is 0 Å². The third kappa shape index (κ3) is 3.00. The van der Waals surface area contributed by atoms with Crippen molar-refractivity contribution in [1.29, 1.82) is 0 Å². The Morgan fingerprint density at radius 1 is 1.33 bits per heavy atom. The molecule has 0 saturated carbocycles. The average molecular weight is 288 g/mol. The van der Waals surface area contributed by atoms with Crippen LogP contribution in [0.1, 0.15) is 21.9 Å². The minimum absolute atomic E-state index is 0.0655. The van der Waals surface area contributed by atoms with Crippen molar-refractivity contribution < 1.29 is 9.21 Å². The zero-order valence-electron chi connectivity index (χ0n) is 12.5. The maximum absolute atomic E-state index is 12.5. The van der Waals surface area contributed by atoms with Gasteiger partial charge in [0.05, 0.1) is 18.5 Å². The highest BCUT2D eigenvalue weighted by atomic mass is 16.3. The second-order valence-corrected chi connectivity index (χ2v) is 5.44. The van der Waals surface area contributed by atoms with Gasteiger partial charge >= 0.3 is 0 Å². The summed E-state index contributed by atoms with van der Waals surface area (Å²) in [5, 5.41) is 4.24. The van der Waals surface area contributed by atoms with Crippen LogP contribution in [-0.4, -0.2) is 51.7 Å². The Morgan fingerprint density at radius 3 is 2.67 bits per heavy atom. The molecule has 6 nitrogen and oxygen atoms in total. The van der Waals surface area contributed by atoms with Crippen LogP contribution >= 0.6 is 0 Å². The Kier molecular flexibility index (Phi) is 3.79. The number of rotatable bonds is 3.